The Morgan fingerprint density at radius 1 is 1.24 bits per heavy atom. The molecule has 0 saturated carbocycles. The number of hydrogen-bond acceptors (Lipinski definition) is 5. The number of ether oxygens (including phenoxy) is 1. The molecule has 2 heterocycles. The van der Waals surface area contributed by atoms with E-state index in [4.69, 9.17) is 27.1 Å². The van der Waals surface area contributed by atoms with E-state index in [-0.39, 0.29) is 0 Å². The maximum Gasteiger partial charge on any atom is 0.126 e. The van der Waals surface area contributed by atoms with Crippen molar-refractivity contribution in [3.8, 4) is 0 Å². The van der Waals surface area contributed by atoms with Crippen LogP contribution >= 0.6 is 0 Å². The van der Waals surface area contributed by atoms with Crippen LogP contribution < -0.4 is 4.90 Å². The van der Waals surface area contributed by atoms with Gasteiger partial charge in [-0.2, -0.15) is 0 Å². The molecule has 3 rings (SSSR count). The van der Waals surface area contributed by atoms with E-state index in [1.165, 1.54) is 0 Å². The highest BCUT2D eigenvalue weighted by Crippen LogP contribution is 2.41. The van der Waals surface area contributed by atoms with Crippen molar-refractivity contribution in [2.45, 2.75) is 4.90 Å². The maximum atomic E-state index is 5.35. The van der Waals surface area contributed by atoms with Crippen molar-refractivity contribution in [1.82, 2.24) is 0 Å². The van der Waals surface area contributed by atoms with Crippen molar-refractivity contribution >= 4 is 41.1 Å². The standard InChI is InChI=1S/C10H11N3OS3/c15-17(16)9-3-1-2-8(10(9)11-12-17)13-4-6-14-7-5-13/h1-3H,4-7H2. The Balaban J connectivity index is 2.08. The first-order chi connectivity index (χ1) is 8.18. The van der Waals surface area contributed by atoms with Crippen LogP contribution in [0.15, 0.2) is 32.7 Å². The Bertz CT molecular complexity index is 576. The van der Waals surface area contributed by atoms with Gasteiger partial charge >= 0.3 is 0 Å². The first kappa shape index (κ1) is 11.5. The lowest BCUT2D eigenvalue weighted by atomic mass is 10.2. The van der Waals surface area contributed by atoms with E-state index < -0.39 is 7.33 Å². The molecule has 4 nitrogen and oxygen atoms in total. The number of rotatable bonds is 1. The zero-order valence-corrected chi connectivity index (χ0v) is 11.5. The third kappa shape index (κ3) is 1.97. The summed E-state index contributed by atoms with van der Waals surface area (Å²) < 4.78 is 9.42. The third-order valence-corrected chi connectivity index (χ3v) is 5.51. The molecule has 1 aromatic carbocycles. The number of benzene rings is 1. The van der Waals surface area contributed by atoms with Gasteiger partial charge in [0.25, 0.3) is 0 Å². The van der Waals surface area contributed by atoms with Gasteiger partial charge in [-0.05, 0) is 34.5 Å². The second kappa shape index (κ2) is 4.24. The molecule has 0 aromatic heterocycles. The summed E-state index contributed by atoms with van der Waals surface area (Å²) in [5.41, 5.74) is 1.95. The average Bonchev–Trinajstić information content (AvgIpc) is 2.67. The molecule has 17 heavy (non-hydrogen) atoms. The van der Waals surface area contributed by atoms with Crippen molar-refractivity contribution in [2.24, 2.45) is 9.63 Å². The SMILES string of the molecule is S=S1(=S)N=Nc2c(N3CCOCC3)cccc21. The fourth-order valence-corrected chi connectivity index (χ4v) is 3.94. The summed E-state index contributed by atoms with van der Waals surface area (Å²) in [5, 5.41) is 4.20. The minimum absolute atomic E-state index is 0.751. The predicted octanol–water partition coefficient (Wildman–Crippen LogP) is 1.97. The molecule has 1 saturated heterocycles. The van der Waals surface area contributed by atoms with Crippen LogP contribution in [-0.2, 0) is 34.4 Å². The molecule has 0 N–H and O–H groups in total. The summed E-state index contributed by atoms with van der Waals surface area (Å²) in [6.45, 7) is 3.26. The van der Waals surface area contributed by atoms with E-state index in [0.717, 1.165) is 42.6 Å². The lowest BCUT2D eigenvalue weighted by molar-refractivity contribution is 0.122. The van der Waals surface area contributed by atoms with Crippen LogP contribution in [0.5, 0.6) is 0 Å². The van der Waals surface area contributed by atoms with Gasteiger partial charge in [-0.1, -0.05) is 6.07 Å². The number of fused-ring (bicyclic) bond motifs is 1. The number of hydrogen-bond donors (Lipinski definition) is 0. The highest BCUT2D eigenvalue weighted by atomic mass is 33.1. The number of nitrogens with zero attached hydrogens (tertiary/aromatic N) is 3. The van der Waals surface area contributed by atoms with Gasteiger partial charge in [0.15, 0.2) is 0 Å². The van der Waals surface area contributed by atoms with E-state index in [0.29, 0.717) is 0 Å². The zero-order valence-electron chi connectivity index (χ0n) is 9.04. The van der Waals surface area contributed by atoms with Gasteiger partial charge in [-0.25, -0.2) is 0 Å². The summed E-state index contributed by atoms with van der Waals surface area (Å²) in [7, 11) is -1.90. The van der Waals surface area contributed by atoms with Crippen LogP contribution in [-0.4, -0.2) is 26.3 Å². The molecule has 0 radical (unpaired) electrons. The number of anilines is 1. The zero-order chi connectivity index (χ0) is 11.9. The van der Waals surface area contributed by atoms with E-state index >= 15 is 0 Å². The Hall–Kier alpha value is -0.630. The van der Waals surface area contributed by atoms with Gasteiger partial charge in [0.1, 0.15) is 5.69 Å². The van der Waals surface area contributed by atoms with Crippen molar-refractivity contribution in [1.29, 1.82) is 0 Å². The van der Waals surface area contributed by atoms with Crippen LogP contribution in [0.1, 0.15) is 0 Å². The maximum absolute atomic E-state index is 5.35. The highest BCUT2D eigenvalue weighted by Gasteiger charge is 2.23. The summed E-state index contributed by atoms with van der Waals surface area (Å²) >= 11 is 10.6. The van der Waals surface area contributed by atoms with Crippen LogP contribution in [0.3, 0.4) is 0 Å². The molecule has 0 bridgehead atoms. The Labute approximate surface area is 110 Å². The quantitative estimate of drug-likeness (QED) is 0.790. The average molecular weight is 285 g/mol. The fraction of sp³-hybridized carbons (Fsp3) is 0.400. The Morgan fingerprint density at radius 3 is 2.76 bits per heavy atom. The van der Waals surface area contributed by atoms with Crippen LogP contribution in [0.4, 0.5) is 11.4 Å². The van der Waals surface area contributed by atoms with Crippen molar-refractivity contribution in [3.05, 3.63) is 18.2 Å². The van der Waals surface area contributed by atoms with E-state index in [1.54, 1.807) is 0 Å². The molecule has 90 valence electrons. The van der Waals surface area contributed by atoms with Crippen LogP contribution in [0, 0.1) is 0 Å². The summed E-state index contributed by atoms with van der Waals surface area (Å²) in [6.07, 6.45) is 0. The van der Waals surface area contributed by atoms with E-state index in [2.05, 4.69) is 20.6 Å². The molecule has 0 atom stereocenters. The lowest BCUT2D eigenvalue weighted by Gasteiger charge is -2.29. The lowest BCUT2D eigenvalue weighted by Crippen LogP contribution is -2.36. The second-order valence-corrected chi connectivity index (χ2v) is 8.96. The molecular formula is C10H11N3OS3. The molecule has 0 unspecified atom stereocenters. The second-order valence-electron chi connectivity index (χ2n) is 3.88. The largest absolute Gasteiger partial charge is 0.378 e. The smallest absolute Gasteiger partial charge is 0.126 e. The predicted molar refractivity (Wildman–Crippen MR) is 74.4 cm³/mol. The third-order valence-electron chi connectivity index (χ3n) is 2.86. The molecule has 2 aliphatic heterocycles. The van der Waals surface area contributed by atoms with Crippen molar-refractivity contribution < 1.29 is 4.74 Å². The molecule has 0 amide bonds. The highest BCUT2D eigenvalue weighted by molar-refractivity contribution is 8.55. The molecular weight excluding hydrogens is 274 g/mol. The summed E-state index contributed by atoms with van der Waals surface area (Å²) in [5.74, 6) is 0. The minimum atomic E-state index is -1.90. The van der Waals surface area contributed by atoms with Gasteiger partial charge in [0.05, 0.1) is 31.1 Å². The molecule has 1 aromatic rings. The van der Waals surface area contributed by atoms with E-state index in [1.807, 2.05) is 12.1 Å². The molecule has 2 aliphatic rings. The topological polar surface area (TPSA) is 37.2 Å². The molecule has 0 spiro atoms. The molecule has 0 aliphatic carbocycles. The fourth-order valence-electron chi connectivity index (χ4n) is 2.02. The Kier molecular flexibility index (Phi) is 2.86. The van der Waals surface area contributed by atoms with Gasteiger partial charge < -0.3 is 9.64 Å². The number of morpholine rings is 1. The van der Waals surface area contributed by atoms with Crippen LogP contribution in [0.25, 0.3) is 0 Å². The summed E-state index contributed by atoms with van der Waals surface area (Å²) in [4.78, 5) is 3.19. The normalized spacial score (nSPS) is 21.5. The summed E-state index contributed by atoms with van der Waals surface area (Å²) in [6, 6.07) is 5.99. The van der Waals surface area contributed by atoms with Gasteiger partial charge in [0, 0.05) is 13.1 Å². The van der Waals surface area contributed by atoms with Gasteiger partial charge in [-0.3, -0.25) is 0 Å². The van der Waals surface area contributed by atoms with Gasteiger partial charge in [-0.15, -0.1) is 9.63 Å². The van der Waals surface area contributed by atoms with Crippen molar-refractivity contribution in [3.63, 3.8) is 0 Å². The Morgan fingerprint density at radius 2 is 2.00 bits per heavy atom. The first-order valence-electron chi connectivity index (χ1n) is 5.32. The minimum Gasteiger partial charge on any atom is -0.378 e. The van der Waals surface area contributed by atoms with Crippen molar-refractivity contribution in [2.75, 3.05) is 31.2 Å². The molecule has 7 heteroatoms. The van der Waals surface area contributed by atoms with Crippen LogP contribution in [0.2, 0.25) is 0 Å². The first-order valence-corrected chi connectivity index (χ1v) is 8.76. The molecule has 1 fully saturated rings. The van der Waals surface area contributed by atoms with E-state index in [9.17, 15) is 0 Å². The van der Waals surface area contributed by atoms with Gasteiger partial charge in [0.2, 0.25) is 0 Å². The monoisotopic (exact) mass is 285 g/mol.